The molecule has 2 aliphatic rings. The second kappa shape index (κ2) is 19.0. The molecule has 1 aliphatic heterocycles. The number of hydrogen-bond acceptors (Lipinski definition) is 13. The fourth-order valence-corrected chi connectivity index (χ4v) is 13.2. The van der Waals surface area contributed by atoms with Gasteiger partial charge in [0.1, 0.15) is 30.9 Å². The molecule has 1 aliphatic carbocycles. The first-order valence-corrected chi connectivity index (χ1v) is 28.3. The predicted octanol–water partition coefficient (Wildman–Crippen LogP) is 8.51. The van der Waals surface area contributed by atoms with Crippen molar-refractivity contribution in [2.24, 2.45) is 10.9 Å². The van der Waals surface area contributed by atoms with E-state index in [0.29, 0.717) is 17.5 Å². The summed E-state index contributed by atoms with van der Waals surface area (Å²) in [6.07, 6.45) is 3.15. The van der Waals surface area contributed by atoms with E-state index in [1.54, 1.807) is 13.8 Å². The normalized spacial score (nSPS) is 13.7. The molecule has 0 bridgehead atoms. The number of unbranched alkanes of at least 4 members (excludes halogenated alkanes) is 1. The molecule has 0 radical (unpaired) electrons. The molecule has 23 heteroatoms. The van der Waals surface area contributed by atoms with Crippen molar-refractivity contribution in [1.82, 2.24) is 4.72 Å². The van der Waals surface area contributed by atoms with Crippen LogP contribution < -0.4 is 15.4 Å². The molecule has 0 amide bonds. The highest BCUT2D eigenvalue weighted by molar-refractivity contribution is 7.89. The molecular weight excluding hydrogens is 983 g/mol. The molecular formula is C45H51N3O15S5. The summed E-state index contributed by atoms with van der Waals surface area (Å²) < 4.78 is 183. The van der Waals surface area contributed by atoms with Gasteiger partial charge in [0.15, 0.2) is 0 Å². The highest BCUT2D eigenvalue weighted by Gasteiger charge is 2.31. The molecule has 4 aromatic carbocycles. The van der Waals surface area contributed by atoms with Crippen LogP contribution in [-0.4, -0.2) is 66.8 Å². The second-order valence-corrected chi connectivity index (χ2v) is 23.9. The van der Waals surface area contributed by atoms with Crippen LogP contribution in [0.15, 0.2) is 94.6 Å². The minimum Gasteiger partial charge on any atom is -0.456 e. The van der Waals surface area contributed by atoms with Gasteiger partial charge in [-0.05, 0) is 105 Å². The zero-order valence-electron chi connectivity index (χ0n) is 38.2. The van der Waals surface area contributed by atoms with E-state index in [1.165, 1.54) is 64.1 Å². The zero-order valence-corrected chi connectivity index (χ0v) is 42.2. The molecule has 1 unspecified atom stereocenters. The number of anilines is 2. The summed E-state index contributed by atoms with van der Waals surface area (Å²) in [5.41, 5.74) is -0.158. The molecule has 1 heterocycles. The Kier molecular flexibility index (Phi) is 14.6. The van der Waals surface area contributed by atoms with Crippen molar-refractivity contribution in [2.45, 2.75) is 106 Å². The minimum atomic E-state index is -5.28. The van der Waals surface area contributed by atoms with E-state index in [1.807, 2.05) is 13.8 Å². The Balaban J connectivity index is 1.80. The SMILES string of the molecule is CCCCC(CC)CNS(=O)(=O)c1ccccc1-c1c2cc(S(=O)(=O)O)c(=Nc3c(C)cc(C)c(S(=O)(=O)O)c3C)cc-2oc2cc(Nc3c(C)cc(C)c(S(=O)(=O)O)c3C)c(S(=O)(=O)O)cc12. The van der Waals surface area contributed by atoms with E-state index in [4.69, 9.17) is 4.42 Å². The third kappa shape index (κ3) is 10.6. The van der Waals surface area contributed by atoms with Gasteiger partial charge in [-0.3, -0.25) is 18.2 Å². The number of benzene rings is 5. The van der Waals surface area contributed by atoms with E-state index < -0.39 is 75.4 Å². The minimum absolute atomic E-state index is 0.0167. The van der Waals surface area contributed by atoms with Gasteiger partial charge in [-0.1, -0.05) is 63.4 Å². The van der Waals surface area contributed by atoms with Crippen LogP contribution in [0.3, 0.4) is 0 Å². The number of sulfonamides is 1. The van der Waals surface area contributed by atoms with Gasteiger partial charge in [-0.15, -0.1) is 0 Å². The summed E-state index contributed by atoms with van der Waals surface area (Å²) >= 11 is 0. The average molecular weight is 1030 g/mol. The van der Waals surface area contributed by atoms with Gasteiger partial charge in [-0.25, -0.2) is 18.1 Å². The van der Waals surface area contributed by atoms with E-state index >= 15 is 0 Å². The van der Waals surface area contributed by atoms with E-state index in [9.17, 15) is 60.3 Å². The molecule has 4 aromatic rings. The topological polar surface area (TPSA) is 301 Å². The number of nitrogens with one attached hydrogen (secondary N) is 2. The van der Waals surface area contributed by atoms with Crippen LogP contribution >= 0.6 is 0 Å². The van der Waals surface area contributed by atoms with Gasteiger partial charge in [-0.2, -0.15) is 33.7 Å². The first kappa shape index (κ1) is 52.3. The zero-order chi connectivity index (χ0) is 50.6. The maximum absolute atomic E-state index is 14.4. The summed E-state index contributed by atoms with van der Waals surface area (Å²) in [5.74, 6) is -0.260. The first-order chi connectivity index (χ1) is 31.4. The van der Waals surface area contributed by atoms with Crippen molar-refractivity contribution < 1.29 is 64.7 Å². The third-order valence-electron chi connectivity index (χ3n) is 11.8. The summed E-state index contributed by atoms with van der Waals surface area (Å²) in [6, 6.07) is 12.5. The lowest BCUT2D eigenvalue weighted by molar-refractivity contribution is 0.444. The Hall–Kier alpha value is -5.08. The molecule has 18 nitrogen and oxygen atoms in total. The lowest BCUT2D eigenvalue weighted by Crippen LogP contribution is -2.29. The van der Waals surface area contributed by atoms with Gasteiger partial charge >= 0.3 is 0 Å². The van der Waals surface area contributed by atoms with Crippen molar-refractivity contribution in [3.05, 3.63) is 99.4 Å². The van der Waals surface area contributed by atoms with Crippen LogP contribution in [0.1, 0.15) is 72.9 Å². The number of hydrogen-bond donors (Lipinski definition) is 6. The summed E-state index contributed by atoms with van der Waals surface area (Å²) in [7, 11) is -24.6. The summed E-state index contributed by atoms with van der Waals surface area (Å²) in [6.45, 7) is 12.7. The fraction of sp³-hybridized carbons (Fsp3) is 0.311. The van der Waals surface area contributed by atoms with Crippen LogP contribution in [0, 0.1) is 47.5 Å². The van der Waals surface area contributed by atoms with Crippen LogP contribution in [0.4, 0.5) is 17.1 Å². The maximum atomic E-state index is 14.4. The molecule has 68 heavy (non-hydrogen) atoms. The van der Waals surface area contributed by atoms with Gasteiger partial charge in [0, 0.05) is 46.4 Å². The van der Waals surface area contributed by atoms with Crippen molar-refractivity contribution in [1.29, 1.82) is 0 Å². The third-order valence-corrected chi connectivity index (χ3v) is 17.3. The van der Waals surface area contributed by atoms with Gasteiger partial charge in [0.2, 0.25) is 10.0 Å². The van der Waals surface area contributed by atoms with Crippen molar-refractivity contribution >= 4 is 78.5 Å². The van der Waals surface area contributed by atoms with Crippen molar-refractivity contribution in [3.8, 4) is 22.5 Å². The van der Waals surface area contributed by atoms with Crippen LogP contribution in [0.2, 0.25) is 0 Å². The molecule has 0 fully saturated rings. The Morgan fingerprint density at radius 1 is 0.632 bits per heavy atom. The Morgan fingerprint density at radius 3 is 1.79 bits per heavy atom. The highest BCUT2D eigenvalue weighted by Crippen LogP contribution is 2.46. The molecule has 6 N–H and O–H groups in total. The lowest BCUT2D eigenvalue weighted by atomic mass is 9.93. The molecule has 6 rings (SSSR count). The molecule has 0 spiro atoms. The van der Waals surface area contributed by atoms with Crippen molar-refractivity contribution in [2.75, 3.05) is 11.9 Å². The molecule has 1 atom stereocenters. The number of nitrogens with zero attached hydrogens (tertiary/aromatic N) is 1. The van der Waals surface area contributed by atoms with Gasteiger partial charge in [0.25, 0.3) is 40.5 Å². The quantitative estimate of drug-likeness (QED) is 0.0391. The van der Waals surface area contributed by atoms with Crippen molar-refractivity contribution in [3.63, 3.8) is 0 Å². The highest BCUT2D eigenvalue weighted by atomic mass is 32.2. The number of rotatable bonds is 16. The smallest absolute Gasteiger partial charge is 0.296 e. The number of aryl methyl sites for hydroxylation is 4. The fourth-order valence-electron chi connectivity index (χ4n) is 8.72. The largest absolute Gasteiger partial charge is 0.456 e. The predicted molar refractivity (Wildman–Crippen MR) is 256 cm³/mol. The van der Waals surface area contributed by atoms with Crippen LogP contribution in [-0.2, 0) is 50.5 Å². The molecule has 0 saturated heterocycles. The van der Waals surface area contributed by atoms with Crippen LogP contribution in [0.25, 0.3) is 33.4 Å². The van der Waals surface area contributed by atoms with Gasteiger partial charge < -0.3 is 9.73 Å². The maximum Gasteiger partial charge on any atom is 0.296 e. The molecule has 0 saturated carbocycles. The molecule has 0 aromatic heterocycles. The Bertz CT molecular complexity index is 3660. The van der Waals surface area contributed by atoms with Crippen LogP contribution in [0.5, 0.6) is 0 Å². The monoisotopic (exact) mass is 1030 g/mol. The number of fused-ring (bicyclic) bond motifs is 2. The average Bonchev–Trinajstić information content (AvgIpc) is 3.20. The summed E-state index contributed by atoms with van der Waals surface area (Å²) in [5, 5.41) is 2.17. The van der Waals surface area contributed by atoms with E-state index in [0.717, 1.165) is 43.5 Å². The Morgan fingerprint density at radius 2 is 1.22 bits per heavy atom. The lowest BCUT2D eigenvalue weighted by Gasteiger charge is -2.22. The molecule has 366 valence electrons. The Labute approximate surface area is 396 Å². The standard InChI is InChI=1S/C45H51N3O15S5/c1-9-11-14-30(10-2)23-46-64(49,50)38-16-13-12-15-31(38)41-32-19-39(65(51,52)53)34(47-42-24(3)17-26(5)44(28(42)7)67(57,58)59)21-36(32)63-37-22-35(40(20-33(37)41)66(54,55)56)48-43-25(4)18-27(6)45(29(43)8)68(60,61)62/h12-13,15-22,30,46-47H,9-11,14,23H2,1-8H3,(H,51,52,53)(H,54,55,56)(H,57,58,59)(H,60,61,62). The van der Waals surface area contributed by atoms with Gasteiger partial charge in [0.05, 0.1) is 21.6 Å². The van der Waals surface area contributed by atoms with E-state index in [-0.39, 0.29) is 90.1 Å². The summed E-state index contributed by atoms with van der Waals surface area (Å²) in [4.78, 5) is 1.50. The van der Waals surface area contributed by atoms with E-state index in [2.05, 4.69) is 15.0 Å². The second-order valence-electron chi connectivity index (χ2n) is 16.7. The first-order valence-electron chi connectivity index (χ1n) is 21.0.